The predicted molar refractivity (Wildman–Crippen MR) is 146 cm³/mol. The number of anilines is 2. The zero-order valence-corrected chi connectivity index (χ0v) is 23.7. The molecule has 39 heavy (non-hydrogen) atoms. The Morgan fingerprint density at radius 2 is 1.92 bits per heavy atom. The molecule has 2 atom stereocenters. The molecule has 2 aliphatic rings. The third-order valence-corrected chi connectivity index (χ3v) is 6.01. The summed E-state index contributed by atoms with van der Waals surface area (Å²) in [7, 11) is 0. The summed E-state index contributed by atoms with van der Waals surface area (Å²) in [4.78, 5) is 36.8. The maximum Gasteiger partial charge on any atom is 0.407 e. The number of carbonyl (C=O) groups is 2. The fourth-order valence-electron chi connectivity index (χ4n) is 4.50. The highest BCUT2D eigenvalue weighted by molar-refractivity contribution is 6.06. The van der Waals surface area contributed by atoms with Crippen molar-refractivity contribution in [2.75, 3.05) is 29.9 Å². The summed E-state index contributed by atoms with van der Waals surface area (Å²) in [5, 5.41) is 5.95. The summed E-state index contributed by atoms with van der Waals surface area (Å²) >= 11 is 0. The minimum atomic E-state index is -0.916. The number of rotatable bonds is 8. The standard InChI is InChI=1S/C28H39N5O6/c1-17(2)31-25-29-12-10-23(32-25)33(24(34)19-8-9-20-18(14-19)11-13-36-20)16-22-21(37-28(6,7)38-22)15-30-26(35)39-27(3,4)5/h8-10,12,14,17,21-22H,11,13,15-16H2,1-7H3,(H,30,35)(H,29,31,32). The predicted octanol–water partition coefficient (Wildman–Crippen LogP) is 3.92. The third-order valence-electron chi connectivity index (χ3n) is 6.01. The van der Waals surface area contributed by atoms with Gasteiger partial charge in [-0.15, -0.1) is 0 Å². The van der Waals surface area contributed by atoms with Gasteiger partial charge < -0.3 is 29.6 Å². The summed E-state index contributed by atoms with van der Waals surface area (Å²) in [6, 6.07) is 7.24. The number of hydrogen-bond acceptors (Lipinski definition) is 9. The zero-order chi connectivity index (χ0) is 28.4. The Kier molecular flexibility index (Phi) is 8.31. The molecule has 1 fully saturated rings. The molecule has 0 bridgehead atoms. The molecule has 0 saturated carbocycles. The molecule has 1 aromatic carbocycles. The van der Waals surface area contributed by atoms with Crippen molar-refractivity contribution in [2.24, 2.45) is 0 Å². The van der Waals surface area contributed by atoms with Crippen molar-refractivity contribution in [1.82, 2.24) is 15.3 Å². The molecule has 3 heterocycles. The molecular weight excluding hydrogens is 502 g/mol. The highest BCUT2D eigenvalue weighted by Gasteiger charge is 2.43. The first-order valence-electron chi connectivity index (χ1n) is 13.3. The molecule has 11 nitrogen and oxygen atoms in total. The minimum Gasteiger partial charge on any atom is -0.493 e. The van der Waals surface area contributed by atoms with Gasteiger partial charge in [-0.2, -0.15) is 4.98 Å². The first kappa shape index (κ1) is 28.6. The molecule has 2 unspecified atom stereocenters. The summed E-state index contributed by atoms with van der Waals surface area (Å²) in [6.45, 7) is 13.8. The summed E-state index contributed by atoms with van der Waals surface area (Å²) in [5.74, 6) is 0.467. The molecule has 1 saturated heterocycles. The van der Waals surface area contributed by atoms with E-state index in [0.717, 1.165) is 17.7 Å². The summed E-state index contributed by atoms with van der Waals surface area (Å²) < 4.78 is 23.3. The van der Waals surface area contributed by atoms with Gasteiger partial charge in [0.25, 0.3) is 5.91 Å². The number of amides is 2. The third kappa shape index (κ3) is 7.57. The molecule has 2 aromatic rings. The SMILES string of the molecule is CC(C)Nc1nccc(N(CC2OC(C)(C)OC2CNC(=O)OC(C)(C)C)C(=O)c2ccc3c(c2)CCO3)n1. The quantitative estimate of drug-likeness (QED) is 0.512. The largest absolute Gasteiger partial charge is 0.493 e. The molecule has 2 amide bonds. The first-order valence-corrected chi connectivity index (χ1v) is 13.3. The Morgan fingerprint density at radius 1 is 1.18 bits per heavy atom. The van der Waals surface area contributed by atoms with Crippen molar-refractivity contribution < 1.29 is 28.5 Å². The Hall–Kier alpha value is -3.44. The summed E-state index contributed by atoms with van der Waals surface area (Å²) in [5.41, 5.74) is 0.874. The average molecular weight is 542 g/mol. The lowest BCUT2D eigenvalue weighted by Gasteiger charge is -2.27. The molecule has 2 N–H and O–H groups in total. The fourth-order valence-corrected chi connectivity index (χ4v) is 4.50. The van der Waals surface area contributed by atoms with E-state index < -0.39 is 29.7 Å². The molecule has 1 aromatic heterocycles. The monoisotopic (exact) mass is 541 g/mol. The molecule has 11 heteroatoms. The number of alkyl carbamates (subject to hydrolysis) is 1. The Morgan fingerprint density at radius 3 is 2.64 bits per heavy atom. The normalized spacial score (nSPS) is 19.8. The van der Waals surface area contributed by atoms with Crippen LogP contribution in [-0.4, -0.2) is 71.3 Å². The molecule has 4 rings (SSSR count). The van der Waals surface area contributed by atoms with Gasteiger partial charge in [-0.05, 0) is 78.3 Å². The Bertz CT molecular complexity index is 1200. The number of carbonyl (C=O) groups excluding carboxylic acids is 2. The maximum atomic E-state index is 14.0. The van der Waals surface area contributed by atoms with Crippen molar-refractivity contribution in [3.05, 3.63) is 41.6 Å². The molecule has 0 radical (unpaired) electrons. The topological polar surface area (TPSA) is 124 Å². The average Bonchev–Trinajstić information content (AvgIpc) is 3.42. The van der Waals surface area contributed by atoms with Gasteiger partial charge in [0.1, 0.15) is 29.4 Å². The number of ether oxygens (including phenoxy) is 4. The maximum absolute atomic E-state index is 14.0. The van der Waals surface area contributed by atoms with E-state index >= 15 is 0 Å². The highest BCUT2D eigenvalue weighted by atomic mass is 16.8. The molecule has 0 spiro atoms. The van der Waals surface area contributed by atoms with Crippen molar-refractivity contribution in [1.29, 1.82) is 0 Å². The van der Waals surface area contributed by atoms with Gasteiger partial charge in [0, 0.05) is 30.8 Å². The fraction of sp³-hybridized carbons (Fsp3) is 0.571. The van der Waals surface area contributed by atoms with E-state index in [4.69, 9.17) is 18.9 Å². The van der Waals surface area contributed by atoms with Crippen LogP contribution in [-0.2, 0) is 20.6 Å². The molecule has 0 aliphatic carbocycles. The van der Waals surface area contributed by atoms with Crippen LogP contribution < -0.4 is 20.3 Å². The Labute approximate surface area is 229 Å². The van der Waals surface area contributed by atoms with Crippen molar-refractivity contribution in [3.63, 3.8) is 0 Å². The van der Waals surface area contributed by atoms with Crippen LogP contribution >= 0.6 is 0 Å². The van der Waals surface area contributed by atoms with E-state index in [1.807, 2.05) is 26.0 Å². The lowest BCUT2D eigenvalue weighted by Crippen LogP contribution is -2.46. The van der Waals surface area contributed by atoms with Crippen LogP contribution in [0.25, 0.3) is 0 Å². The van der Waals surface area contributed by atoms with E-state index in [0.29, 0.717) is 23.9 Å². The smallest absolute Gasteiger partial charge is 0.407 e. The van der Waals surface area contributed by atoms with Gasteiger partial charge in [0.2, 0.25) is 5.95 Å². The molecular formula is C28H39N5O6. The first-order chi connectivity index (χ1) is 18.3. The van der Waals surface area contributed by atoms with E-state index in [1.165, 1.54) is 0 Å². The number of aromatic nitrogens is 2. The van der Waals surface area contributed by atoms with Gasteiger partial charge in [0.05, 0.1) is 13.2 Å². The van der Waals surface area contributed by atoms with E-state index in [-0.39, 0.29) is 25.0 Å². The van der Waals surface area contributed by atoms with Crippen LogP contribution in [0.1, 0.15) is 64.4 Å². The van der Waals surface area contributed by atoms with Crippen LogP contribution in [0.15, 0.2) is 30.5 Å². The van der Waals surface area contributed by atoms with Gasteiger partial charge >= 0.3 is 6.09 Å². The van der Waals surface area contributed by atoms with Crippen molar-refractivity contribution >= 4 is 23.8 Å². The molecule has 212 valence electrons. The van der Waals surface area contributed by atoms with Gasteiger partial charge in [-0.3, -0.25) is 9.69 Å². The van der Waals surface area contributed by atoms with Crippen LogP contribution in [0.5, 0.6) is 5.75 Å². The number of benzene rings is 1. The Balaban J connectivity index is 1.60. The number of fused-ring (bicyclic) bond motifs is 1. The van der Waals surface area contributed by atoms with Crippen LogP contribution in [0.4, 0.5) is 16.6 Å². The second kappa shape index (κ2) is 11.4. The number of nitrogens with zero attached hydrogens (tertiary/aromatic N) is 3. The van der Waals surface area contributed by atoms with E-state index in [2.05, 4.69) is 20.6 Å². The number of hydrogen-bond donors (Lipinski definition) is 2. The van der Waals surface area contributed by atoms with Gasteiger partial charge in [-0.25, -0.2) is 9.78 Å². The van der Waals surface area contributed by atoms with Gasteiger partial charge in [-0.1, -0.05) is 0 Å². The lowest BCUT2D eigenvalue weighted by atomic mass is 10.1. The van der Waals surface area contributed by atoms with Crippen LogP contribution in [0.3, 0.4) is 0 Å². The molecule has 2 aliphatic heterocycles. The highest BCUT2D eigenvalue weighted by Crippen LogP contribution is 2.31. The zero-order valence-electron chi connectivity index (χ0n) is 23.7. The van der Waals surface area contributed by atoms with Crippen molar-refractivity contribution in [3.8, 4) is 5.75 Å². The van der Waals surface area contributed by atoms with Crippen molar-refractivity contribution in [2.45, 2.75) is 84.5 Å². The van der Waals surface area contributed by atoms with E-state index in [1.54, 1.807) is 57.8 Å². The van der Waals surface area contributed by atoms with Gasteiger partial charge in [0.15, 0.2) is 5.79 Å². The van der Waals surface area contributed by atoms with Crippen LogP contribution in [0.2, 0.25) is 0 Å². The second-order valence-electron chi connectivity index (χ2n) is 11.5. The minimum absolute atomic E-state index is 0.108. The summed E-state index contributed by atoms with van der Waals surface area (Å²) in [6.07, 6.45) is 0.711. The lowest BCUT2D eigenvalue weighted by molar-refractivity contribution is -0.145. The second-order valence-corrected chi connectivity index (χ2v) is 11.5. The van der Waals surface area contributed by atoms with E-state index in [9.17, 15) is 9.59 Å². The van der Waals surface area contributed by atoms with Crippen LogP contribution in [0, 0.1) is 0 Å². The number of nitrogens with one attached hydrogen (secondary N) is 2.